The fourth-order valence-corrected chi connectivity index (χ4v) is 3.35. The summed E-state index contributed by atoms with van der Waals surface area (Å²) < 4.78 is 5.13. The van der Waals surface area contributed by atoms with Gasteiger partial charge in [0.25, 0.3) is 5.91 Å². The van der Waals surface area contributed by atoms with Gasteiger partial charge in [-0.05, 0) is 24.3 Å². The molecule has 3 atom stereocenters. The van der Waals surface area contributed by atoms with Crippen molar-refractivity contribution in [3.8, 4) is 0 Å². The average Bonchev–Trinajstić information content (AvgIpc) is 3.01. The van der Waals surface area contributed by atoms with E-state index >= 15 is 0 Å². The molecule has 2 N–H and O–H groups in total. The van der Waals surface area contributed by atoms with Crippen LogP contribution in [0.2, 0.25) is 0 Å². The molecule has 0 aliphatic heterocycles. The van der Waals surface area contributed by atoms with Gasteiger partial charge in [-0.25, -0.2) is 4.79 Å². The highest BCUT2D eigenvalue weighted by molar-refractivity contribution is 6.02. The summed E-state index contributed by atoms with van der Waals surface area (Å²) in [6.07, 6.45) is 3.31. The molecule has 1 heterocycles. The Morgan fingerprint density at radius 2 is 2.08 bits per heavy atom. The lowest BCUT2D eigenvalue weighted by Gasteiger charge is -2.34. The Labute approximate surface area is 141 Å². The molecule has 1 fully saturated rings. The zero-order valence-electron chi connectivity index (χ0n) is 14.0. The smallest absolute Gasteiger partial charge is 0.359 e. The SMILES string of the molecule is C[C@H]1[C@H](C)CCC[C@H]1NC(=O)COC(=O)c1n[nH]c2ccccc12. The summed E-state index contributed by atoms with van der Waals surface area (Å²) >= 11 is 0. The first-order valence-electron chi connectivity index (χ1n) is 8.46. The summed E-state index contributed by atoms with van der Waals surface area (Å²) in [5.41, 5.74) is 0.969. The second-order valence-electron chi connectivity index (χ2n) is 6.64. The van der Waals surface area contributed by atoms with E-state index in [0.717, 1.165) is 18.4 Å². The second kappa shape index (κ2) is 7.03. The third-order valence-electron chi connectivity index (χ3n) is 5.05. The van der Waals surface area contributed by atoms with E-state index in [1.807, 2.05) is 18.2 Å². The lowest BCUT2D eigenvalue weighted by molar-refractivity contribution is -0.125. The molecule has 6 nitrogen and oxygen atoms in total. The summed E-state index contributed by atoms with van der Waals surface area (Å²) in [4.78, 5) is 24.2. The maximum Gasteiger partial charge on any atom is 0.359 e. The van der Waals surface area contributed by atoms with Crippen LogP contribution < -0.4 is 5.32 Å². The van der Waals surface area contributed by atoms with Crippen LogP contribution in [0.25, 0.3) is 10.9 Å². The highest BCUT2D eigenvalue weighted by Gasteiger charge is 2.28. The van der Waals surface area contributed by atoms with Gasteiger partial charge in [-0.3, -0.25) is 9.89 Å². The molecule has 1 saturated carbocycles. The highest BCUT2D eigenvalue weighted by Crippen LogP contribution is 2.29. The van der Waals surface area contributed by atoms with Crippen LogP contribution in [0.5, 0.6) is 0 Å². The van der Waals surface area contributed by atoms with Crippen molar-refractivity contribution >= 4 is 22.8 Å². The monoisotopic (exact) mass is 329 g/mol. The van der Waals surface area contributed by atoms with Gasteiger partial charge in [0, 0.05) is 11.4 Å². The number of hydrogen-bond acceptors (Lipinski definition) is 4. The lowest BCUT2D eigenvalue weighted by Crippen LogP contribution is -2.45. The average molecular weight is 329 g/mol. The quantitative estimate of drug-likeness (QED) is 0.845. The van der Waals surface area contributed by atoms with Crippen molar-refractivity contribution in [3.63, 3.8) is 0 Å². The number of aromatic nitrogens is 2. The van der Waals surface area contributed by atoms with Gasteiger partial charge < -0.3 is 10.1 Å². The van der Waals surface area contributed by atoms with Gasteiger partial charge in [0.1, 0.15) is 0 Å². The van der Waals surface area contributed by atoms with E-state index in [9.17, 15) is 9.59 Å². The second-order valence-corrected chi connectivity index (χ2v) is 6.64. The molecule has 128 valence electrons. The first-order chi connectivity index (χ1) is 11.6. The van der Waals surface area contributed by atoms with Gasteiger partial charge in [-0.2, -0.15) is 5.10 Å². The minimum atomic E-state index is -0.590. The molecule has 0 unspecified atom stereocenters. The van der Waals surface area contributed by atoms with Crippen LogP contribution in [0.4, 0.5) is 0 Å². The van der Waals surface area contributed by atoms with Crippen molar-refractivity contribution in [2.24, 2.45) is 11.8 Å². The van der Waals surface area contributed by atoms with Crippen molar-refractivity contribution < 1.29 is 14.3 Å². The fraction of sp³-hybridized carbons (Fsp3) is 0.500. The number of carbonyl (C=O) groups is 2. The predicted molar refractivity (Wildman–Crippen MR) is 90.5 cm³/mol. The molecule has 0 saturated heterocycles. The molecular weight excluding hydrogens is 306 g/mol. The number of para-hydroxylation sites is 1. The number of rotatable bonds is 4. The Morgan fingerprint density at radius 1 is 1.29 bits per heavy atom. The number of fused-ring (bicyclic) bond motifs is 1. The molecule has 24 heavy (non-hydrogen) atoms. The summed E-state index contributed by atoms with van der Waals surface area (Å²) in [6.45, 7) is 4.10. The number of hydrogen-bond donors (Lipinski definition) is 2. The molecule has 1 aliphatic rings. The van der Waals surface area contributed by atoms with Crippen molar-refractivity contribution in [1.82, 2.24) is 15.5 Å². The number of nitrogens with one attached hydrogen (secondary N) is 2. The van der Waals surface area contributed by atoms with Crippen LogP contribution in [0.1, 0.15) is 43.6 Å². The fourth-order valence-electron chi connectivity index (χ4n) is 3.35. The molecule has 0 radical (unpaired) electrons. The van der Waals surface area contributed by atoms with Gasteiger partial charge in [-0.1, -0.05) is 44.9 Å². The standard InChI is InChI=1S/C18H23N3O3/c1-11-6-5-9-14(12(11)2)19-16(22)10-24-18(23)17-13-7-3-4-8-15(13)20-21-17/h3-4,7-8,11-12,14H,5-6,9-10H2,1-2H3,(H,19,22)(H,20,21)/t11-,12+,14-/m1/s1. The largest absolute Gasteiger partial charge is 0.451 e. The number of esters is 1. The van der Waals surface area contributed by atoms with Crippen LogP contribution in [0.3, 0.4) is 0 Å². The predicted octanol–water partition coefficient (Wildman–Crippen LogP) is 2.66. The van der Waals surface area contributed by atoms with Gasteiger partial charge >= 0.3 is 5.97 Å². The maximum absolute atomic E-state index is 12.1. The van der Waals surface area contributed by atoms with Gasteiger partial charge in [0.2, 0.25) is 0 Å². The van der Waals surface area contributed by atoms with Crippen LogP contribution >= 0.6 is 0 Å². The number of amides is 1. The minimum absolute atomic E-state index is 0.158. The van der Waals surface area contributed by atoms with E-state index in [4.69, 9.17) is 4.74 Å². The lowest BCUT2D eigenvalue weighted by atomic mass is 9.78. The summed E-state index contributed by atoms with van der Waals surface area (Å²) in [5, 5.41) is 10.4. The Bertz CT molecular complexity index is 740. The van der Waals surface area contributed by atoms with E-state index in [1.54, 1.807) is 6.07 Å². The Hall–Kier alpha value is -2.37. The summed E-state index contributed by atoms with van der Waals surface area (Å²) in [7, 11) is 0. The summed E-state index contributed by atoms with van der Waals surface area (Å²) in [6, 6.07) is 7.46. The Balaban J connectivity index is 1.55. The van der Waals surface area contributed by atoms with Crippen molar-refractivity contribution in [2.75, 3.05) is 6.61 Å². The molecule has 2 aromatic rings. The number of aromatic amines is 1. The molecule has 1 aromatic carbocycles. The van der Waals surface area contributed by atoms with E-state index < -0.39 is 5.97 Å². The third kappa shape index (κ3) is 3.42. The first kappa shape index (κ1) is 16.5. The molecule has 1 amide bonds. The normalized spacial score (nSPS) is 23.8. The molecule has 1 aromatic heterocycles. The van der Waals surface area contributed by atoms with E-state index in [0.29, 0.717) is 17.2 Å². The van der Waals surface area contributed by atoms with Crippen molar-refractivity contribution in [3.05, 3.63) is 30.0 Å². The Kier molecular flexibility index (Phi) is 4.83. The molecule has 6 heteroatoms. The van der Waals surface area contributed by atoms with Gasteiger partial charge in [0.15, 0.2) is 12.3 Å². The molecular formula is C18H23N3O3. The zero-order valence-corrected chi connectivity index (χ0v) is 14.0. The number of ether oxygens (including phenoxy) is 1. The van der Waals surface area contributed by atoms with Crippen LogP contribution in [0, 0.1) is 11.8 Å². The first-order valence-corrected chi connectivity index (χ1v) is 8.46. The van der Waals surface area contributed by atoms with Crippen LogP contribution in [-0.2, 0) is 9.53 Å². The van der Waals surface area contributed by atoms with Crippen LogP contribution in [0.15, 0.2) is 24.3 Å². The third-order valence-corrected chi connectivity index (χ3v) is 5.05. The van der Waals surface area contributed by atoms with E-state index in [-0.39, 0.29) is 24.2 Å². The number of H-pyrrole nitrogens is 1. The maximum atomic E-state index is 12.1. The molecule has 0 bridgehead atoms. The number of benzene rings is 1. The number of nitrogens with zero attached hydrogens (tertiary/aromatic N) is 1. The minimum Gasteiger partial charge on any atom is -0.451 e. The van der Waals surface area contributed by atoms with Crippen molar-refractivity contribution in [2.45, 2.75) is 39.2 Å². The van der Waals surface area contributed by atoms with Crippen LogP contribution in [-0.4, -0.2) is 34.7 Å². The summed E-state index contributed by atoms with van der Waals surface area (Å²) in [5.74, 6) is 0.192. The van der Waals surface area contributed by atoms with Gasteiger partial charge in [-0.15, -0.1) is 0 Å². The number of carbonyl (C=O) groups excluding carboxylic acids is 2. The zero-order chi connectivity index (χ0) is 17.1. The van der Waals surface area contributed by atoms with Gasteiger partial charge in [0.05, 0.1) is 5.52 Å². The highest BCUT2D eigenvalue weighted by atomic mass is 16.5. The molecule has 1 aliphatic carbocycles. The Morgan fingerprint density at radius 3 is 2.92 bits per heavy atom. The van der Waals surface area contributed by atoms with Crippen molar-refractivity contribution in [1.29, 1.82) is 0 Å². The topological polar surface area (TPSA) is 84.1 Å². The van der Waals surface area contributed by atoms with E-state index in [2.05, 4.69) is 29.4 Å². The van der Waals surface area contributed by atoms with E-state index in [1.165, 1.54) is 6.42 Å². The molecule has 0 spiro atoms. The molecule has 3 rings (SSSR count).